The predicted molar refractivity (Wildman–Crippen MR) is 146 cm³/mol. The third-order valence-corrected chi connectivity index (χ3v) is 6.50. The summed E-state index contributed by atoms with van der Waals surface area (Å²) >= 11 is 1.17. The van der Waals surface area contributed by atoms with Gasteiger partial charge in [-0.2, -0.15) is 0 Å². The summed E-state index contributed by atoms with van der Waals surface area (Å²) in [5, 5.41) is 7.06. The number of carbonyl (C=O) groups excluding carboxylic acids is 3. The molecule has 0 spiro atoms. The van der Waals surface area contributed by atoms with Crippen LogP contribution in [-0.2, 0) is 14.2 Å². The number of anilines is 3. The van der Waals surface area contributed by atoms with Crippen LogP contribution < -0.4 is 20.3 Å². The first-order valence-electron chi connectivity index (χ1n) is 12.3. The maximum absolute atomic E-state index is 12.8. The van der Waals surface area contributed by atoms with Gasteiger partial charge in [0.1, 0.15) is 4.88 Å². The number of carbonyl (C=O) groups is 3. The summed E-state index contributed by atoms with van der Waals surface area (Å²) in [7, 11) is 1.28. The van der Waals surface area contributed by atoms with E-state index in [2.05, 4.69) is 15.6 Å². The quantitative estimate of drug-likeness (QED) is 0.372. The Labute approximate surface area is 229 Å². The first-order chi connectivity index (χ1) is 18.9. The molecule has 2 amide bonds. The normalized spacial score (nSPS) is 12.9. The summed E-state index contributed by atoms with van der Waals surface area (Å²) in [6.45, 7) is 6.26. The number of ether oxygens (including phenoxy) is 4. The van der Waals surface area contributed by atoms with Crippen molar-refractivity contribution in [1.29, 1.82) is 0 Å². The zero-order valence-electron chi connectivity index (χ0n) is 21.8. The Morgan fingerprint density at radius 1 is 1.00 bits per heavy atom. The van der Waals surface area contributed by atoms with E-state index in [4.69, 9.17) is 23.9 Å². The minimum absolute atomic E-state index is 0.0453. The number of morpholine rings is 1. The van der Waals surface area contributed by atoms with E-state index in [-0.39, 0.29) is 18.1 Å². The lowest BCUT2D eigenvalue weighted by atomic mass is 10.2. The highest BCUT2D eigenvalue weighted by atomic mass is 32.1. The molecule has 1 aliphatic rings. The van der Waals surface area contributed by atoms with Gasteiger partial charge in [0.25, 0.3) is 0 Å². The number of esters is 2. The highest BCUT2D eigenvalue weighted by Crippen LogP contribution is 2.33. The molecule has 3 heterocycles. The van der Waals surface area contributed by atoms with Crippen molar-refractivity contribution < 1.29 is 33.3 Å². The highest BCUT2D eigenvalue weighted by molar-refractivity contribution is 7.12. The van der Waals surface area contributed by atoms with Gasteiger partial charge in [0.2, 0.25) is 0 Å². The molecule has 0 unspecified atom stereocenters. The number of amides is 2. The second-order valence-electron chi connectivity index (χ2n) is 8.11. The van der Waals surface area contributed by atoms with Crippen LogP contribution in [0.15, 0.2) is 35.7 Å². The van der Waals surface area contributed by atoms with Gasteiger partial charge in [0, 0.05) is 24.3 Å². The van der Waals surface area contributed by atoms with E-state index in [9.17, 15) is 14.4 Å². The molecule has 3 aromatic rings. The fourth-order valence-corrected chi connectivity index (χ4v) is 4.58. The number of hydrogen-bond acceptors (Lipinski definition) is 11. The lowest BCUT2D eigenvalue weighted by Crippen LogP contribution is -2.37. The first kappa shape index (κ1) is 27.8. The molecule has 2 aromatic heterocycles. The second-order valence-corrected chi connectivity index (χ2v) is 9.03. The Kier molecular flexibility index (Phi) is 9.28. The van der Waals surface area contributed by atoms with Crippen LogP contribution in [0.2, 0.25) is 0 Å². The van der Waals surface area contributed by atoms with Crippen molar-refractivity contribution >= 4 is 46.5 Å². The number of benzene rings is 1. The average molecular weight is 556 g/mol. The fraction of sp³-hybridized carbons (Fsp3) is 0.346. The molecule has 1 saturated heterocycles. The summed E-state index contributed by atoms with van der Waals surface area (Å²) in [6.07, 6.45) is 0. The van der Waals surface area contributed by atoms with E-state index >= 15 is 0 Å². The van der Waals surface area contributed by atoms with Crippen LogP contribution in [0.25, 0.3) is 11.4 Å². The Hall–Kier alpha value is -4.23. The summed E-state index contributed by atoms with van der Waals surface area (Å²) in [5.41, 5.74) is 1.51. The molecule has 12 nitrogen and oxygen atoms in total. The van der Waals surface area contributed by atoms with Gasteiger partial charge in [-0.3, -0.25) is 0 Å². The molecule has 13 heteroatoms. The summed E-state index contributed by atoms with van der Waals surface area (Å²) < 4.78 is 21.3. The van der Waals surface area contributed by atoms with Gasteiger partial charge in [-0.25, -0.2) is 24.4 Å². The van der Waals surface area contributed by atoms with Gasteiger partial charge in [0.15, 0.2) is 23.1 Å². The molecule has 0 radical (unpaired) electrons. The van der Waals surface area contributed by atoms with Crippen molar-refractivity contribution in [3.05, 3.63) is 46.3 Å². The molecular weight excluding hydrogens is 526 g/mol. The van der Waals surface area contributed by atoms with Gasteiger partial charge in [-0.1, -0.05) is 0 Å². The maximum Gasteiger partial charge on any atom is 0.361 e. The van der Waals surface area contributed by atoms with Crippen LogP contribution in [0.4, 0.5) is 22.0 Å². The third kappa shape index (κ3) is 6.62. The van der Waals surface area contributed by atoms with Crippen molar-refractivity contribution in [2.45, 2.75) is 13.8 Å². The van der Waals surface area contributed by atoms with Crippen LogP contribution in [0.5, 0.6) is 5.75 Å². The Morgan fingerprint density at radius 2 is 1.74 bits per heavy atom. The molecule has 1 aromatic carbocycles. The van der Waals surface area contributed by atoms with E-state index < -0.39 is 18.0 Å². The highest BCUT2D eigenvalue weighted by Gasteiger charge is 2.27. The lowest BCUT2D eigenvalue weighted by Gasteiger charge is -2.29. The number of nitrogens with zero attached hydrogens (tertiary/aromatic N) is 3. The summed E-state index contributed by atoms with van der Waals surface area (Å²) in [5.74, 6) is -0.0595. The zero-order chi connectivity index (χ0) is 27.8. The van der Waals surface area contributed by atoms with Gasteiger partial charge in [-0.15, -0.1) is 11.3 Å². The van der Waals surface area contributed by atoms with Crippen molar-refractivity contribution in [2.24, 2.45) is 0 Å². The minimum atomic E-state index is -0.603. The van der Waals surface area contributed by atoms with Gasteiger partial charge in [0.05, 0.1) is 39.2 Å². The SMILES string of the molecule is CCOC(=O)c1nc(-c2ccc(NC(=O)Nc3ccsc3C(=O)OC)cc2)nc(N2CCOCC2)c1OCC. The van der Waals surface area contributed by atoms with E-state index in [0.717, 1.165) is 0 Å². The van der Waals surface area contributed by atoms with Crippen LogP contribution in [0.3, 0.4) is 0 Å². The lowest BCUT2D eigenvalue weighted by molar-refractivity contribution is 0.0513. The standard InChI is InChI=1S/C26H29N5O7S/c1-4-37-20-19(24(32)38-5-2)29-22(30-23(20)31-11-13-36-14-12-31)16-6-8-17(9-7-16)27-26(34)28-18-10-15-39-21(18)25(33)35-3/h6-10,15H,4-5,11-14H2,1-3H3,(H2,27,28,34). The van der Waals surface area contributed by atoms with Crippen LogP contribution in [0.1, 0.15) is 34.0 Å². The number of rotatable bonds is 9. The van der Waals surface area contributed by atoms with Crippen LogP contribution in [0, 0.1) is 0 Å². The average Bonchev–Trinajstić information content (AvgIpc) is 3.41. The van der Waals surface area contributed by atoms with Crippen molar-refractivity contribution in [3.63, 3.8) is 0 Å². The summed E-state index contributed by atoms with van der Waals surface area (Å²) in [6, 6.07) is 7.92. The smallest absolute Gasteiger partial charge is 0.361 e. The van der Waals surface area contributed by atoms with Crippen LogP contribution >= 0.6 is 11.3 Å². The number of aromatic nitrogens is 2. The number of thiophene rings is 1. The van der Waals surface area contributed by atoms with Crippen molar-refractivity contribution in [3.8, 4) is 17.1 Å². The number of nitrogens with one attached hydrogen (secondary N) is 2. The molecule has 0 bridgehead atoms. The molecule has 2 N–H and O–H groups in total. The molecule has 0 aliphatic carbocycles. The largest absolute Gasteiger partial charge is 0.488 e. The third-order valence-electron chi connectivity index (χ3n) is 5.60. The minimum Gasteiger partial charge on any atom is -0.488 e. The van der Waals surface area contributed by atoms with E-state index in [1.807, 2.05) is 11.8 Å². The Bertz CT molecular complexity index is 1320. The zero-order valence-corrected chi connectivity index (χ0v) is 22.6. The Balaban J connectivity index is 1.59. The van der Waals surface area contributed by atoms with E-state index in [1.165, 1.54) is 18.4 Å². The molecule has 1 fully saturated rings. The van der Waals surface area contributed by atoms with Crippen LogP contribution in [-0.4, -0.2) is 74.6 Å². The molecular formula is C26H29N5O7S. The van der Waals surface area contributed by atoms with Gasteiger partial charge < -0.3 is 34.5 Å². The summed E-state index contributed by atoms with van der Waals surface area (Å²) in [4.78, 5) is 48.7. The number of methoxy groups -OCH3 is 1. The molecule has 4 rings (SSSR count). The van der Waals surface area contributed by atoms with E-state index in [1.54, 1.807) is 42.6 Å². The molecule has 1 aliphatic heterocycles. The monoisotopic (exact) mass is 555 g/mol. The molecule has 0 atom stereocenters. The van der Waals surface area contributed by atoms with Gasteiger partial charge in [-0.05, 0) is 49.6 Å². The number of hydrogen-bond donors (Lipinski definition) is 2. The van der Waals surface area contributed by atoms with E-state index in [0.29, 0.717) is 66.4 Å². The maximum atomic E-state index is 12.8. The molecule has 39 heavy (non-hydrogen) atoms. The molecule has 206 valence electrons. The van der Waals surface area contributed by atoms with Gasteiger partial charge >= 0.3 is 18.0 Å². The second kappa shape index (κ2) is 13.0. The topological polar surface area (TPSA) is 141 Å². The number of urea groups is 1. The fourth-order valence-electron chi connectivity index (χ4n) is 3.82. The first-order valence-corrected chi connectivity index (χ1v) is 13.2. The Morgan fingerprint density at radius 3 is 2.41 bits per heavy atom. The predicted octanol–water partition coefficient (Wildman–Crippen LogP) is 4.05. The molecule has 0 saturated carbocycles. The van der Waals surface area contributed by atoms with Crippen molar-refractivity contribution in [2.75, 3.05) is 62.2 Å². The van der Waals surface area contributed by atoms with Crippen molar-refractivity contribution in [1.82, 2.24) is 9.97 Å².